The molecule has 0 radical (unpaired) electrons. The highest BCUT2D eigenvalue weighted by Crippen LogP contribution is 2.14. The van der Waals surface area contributed by atoms with E-state index in [9.17, 15) is 18.0 Å². The molecule has 0 saturated heterocycles. The Morgan fingerprint density at radius 1 is 1.36 bits per heavy atom. The molecule has 1 rings (SSSR count). The van der Waals surface area contributed by atoms with Gasteiger partial charge in [-0.25, -0.2) is 13.1 Å². The summed E-state index contributed by atoms with van der Waals surface area (Å²) < 4.78 is 26.7. The van der Waals surface area contributed by atoms with Gasteiger partial charge in [-0.3, -0.25) is 9.59 Å². The molecule has 0 aliphatic rings. The Morgan fingerprint density at radius 3 is 2.60 bits per heavy atom. The Morgan fingerprint density at radius 2 is 2.04 bits per heavy atom. The highest BCUT2D eigenvalue weighted by Gasteiger charge is 2.20. The molecule has 2 N–H and O–H groups in total. The summed E-state index contributed by atoms with van der Waals surface area (Å²) in [5, 5.41) is 8.85. The number of carboxylic acid groups (broad SMARTS) is 1. The molecule has 0 heterocycles. The molecule has 0 unspecified atom stereocenters. The van der Waals surface area contributed by atoms with E-state index in [2.05, 4.69) is 11.3 Å². The highest BCUT2D eigenvalue weighted by atomic mass is 32.2. The Kier molecular flexibility index (Phi) is 7.79. The van der Waals surface area contributed by atoms with E-state index in [1.165, 1.54) is 35.2 Å². The van der Waals surface area contributed by atoms with Gasteiger partial charge in [-0.2, -0.15) is 0 Å². The van der Waals surface area contributed by atoms with Crippen LogP contribution in [-0.2, 0) is 14.8 Å². The van der Waals surface area contributed by atoms with Crippen molar-refractivity contribution in [1.29, 1.82) is 0 Å². The molecular formula is C17H24N2O5S. The van der Waals surface area contributed by atoms with E-state index < -0.39 is 21.9 Å². The average molecular weight is 368 g/mol. The molecule has 0 aromatic heterocycles. The lowest BCUT2D eigenvalue weighted by atomic mass is 10.1. The number of amides is 1. The molecule has 0 aliphatic carbocycles. The van der Waals surface area contributed by atoms with Crippen LogP contribution >= 0.6 is 0 Å². The molecule has 0 saturated carbocycles. The van der Waals surface area contributed by atoms with Gasteiger partial charge in [0.2, 0.25) is 10.0 Å². The fourth-order valence-corrected chi connectivity index (χ4v) is 3.22. The normalized spacial score (nSPS) is 11.3. The lowest BCUT2D eigenvalue weighted by molar-refractivity contribution is -0.137. The summed E-state index contributed by atoms with van der Waals surface area (Å²) in [5.74, 6) is -1.24. The van der Waals surface area contributed by atoms with Crippen molar-refractivity contribution >= 4 is 21.9 Å². The summed E-state index contributed by atoms with van der Waals surface area (Å²) in [6.07, 6.45) is 1.25. The van der Waals surface area contributed by atoms with Crippen molar-refractivity contribution < 1.29 is 23.1 Å². The van der Waals surface area contributed by atoms with E-state index in [-0.39, 0.29) is 35.9 Å². The number of nitrogens with one attached hydrogen (secondary N) is 1. The van der Waals surface area contributed by atoms with Gasteiger partial charge < -0.3 is 10.0 Å². The van der Waals surface area contributed by atoms with Crippen LogP contribution in [0.15, 0.2) is 41.8 Å². The maximum absolute atomic E-state index is 12.7. The van der Waals surface area contributed by atoms with Gasteiger partial charge in [-0.1, -0.05) is 26.0 Å². The standard InChI is InChI=1S/C17H24N2O5S/c1-4-9-18-25(23,24)15-7-5-6-14(11-15)17(22)19(12-13(2)3)10-8-16(20)21/h4-7,11,13,18H,1,8-10,12H2,2-3H3,(H,20,21). The molecule has 7 nitrogen and oxygen atoms in total. The fraction of sp³-hybridized carbons (Fsp3) is 0.412. The third-order valence-corrected chi connectivity index (χ3v) is 4.70. The summed E-state index contributed by atoms with van der Waals surface area (Å²) in [6.45, 7) is 7.82. The maximum atomic E-state index is 12.7. The second-order valence-corrected chi connectivity index (χ2v) is 7.72. The predicted molar refractivity (Wildman–Crippen MR) is 94.8 cm³/mol. The minimum atomic E-state index is -3.74. The third kappa shape index (κ3) is 6.67. The van der Waals surface area contributed by atoms with Gasteiger partial charge in [0.25, 0.3) is 5.91 Å². The first kappa shape index (κ1) is 20.9. The van der Waals surface area contributed by atoms with E-state index in [1.807, 2.05) is 13.8 Å². The van der Waals surface area contributed by atoms with Crippen molar-refractivity contribution in [1.82, 2.24) is 9.62 Å². The molecule has 0 atom stereocenters. The highest BCUT2D eigenvalue weighted by molar-refractivity contribution is 7.89. The third-order valence-electron chi connectivity index (χ3n) is 3.28. The minimum Gasteiger partial charge on any atom is -0.481 e. The summed E-state index contributed by atoms with van der Waals surface area (Å²) in [4.78, 5) is 24.9. The summed E-state index contributed by atoms with van der Waals surface area (Å²) >= 11 is 0. The number of nitrogens with zero attached hydrogens (tertiary/aromatic N) is 1. The maximum Gasteiger partial charge on any atom is 0.305 e. The van der Waals surface area contributed by atoms with Gasteiger partial charge in [0.05, 0.1) is 11.3 Å². The molecule has 138 valence electrons. The number of sulfonamides is 1. The van der Waals surface area contributed by atoms with E-state index in [0.29, 0.717) is 6.54 Å². The molecule has 1 aromatic rings. The van der Waals surface area contributed by atoms with Crippen molar-refractivity contribution in [3.63, 3.8) is 0 Å². The number of carbonyl (C=O) groups excluding carboxylic acids is 1. The van der Waals surface area contributed by atoms with Crippen LogP contribution in [0.4, 0.5) is 0 Å². The monoisotopic (exact) mass is 368 g/mol. The first-order valence-corrected chi connectivity index (χ1v) is 9.37. The molecule has 25 heavy (non-hydrogen) atoms. The van der Waals surface area contributed by atoms with Crippen LogP contribution in [0.25, 0.3) is 0 Å². The van der Waals surface area contributed by atoms with Crippen molar-refractivity contribution in [3.05, 3.63) is 42.5 Å². The first-order chi connectivity index (χ1) is 11.7. The lowest BCUT2D eigenvalue weighted by Crippen LogP contribution is -2.36. The van der Waals surface area contributed by atoms with Crippen LogP contribution in [-0.4, -0.2) is 49.9 Å². The zero-order valence-electron chi connectivity index (χ0n) is 14.4. The first-order valence-electron chi connectivity index (χ1n) is 7.89. The molecule has 0 aliphatic heterocycles. The minimum absolute atomic E-state index is 0.0251. The largest absolute Gasteiger partial charge is 0.481 e. The Hall–Kier alpha value is -2.19. The van der Waals surface area contributed by atoms with E-state index in [0.717, 1.165) is 0 Å². The van der Waals surface area contributed by atoms with Crippen molar-refractivity contribution in [2.75, 3.05) is 19.6 Å². The van der Waals surface area contributed by atoms with Crippen LogP contribution < -0.4 is 4.72 Å². The van der Waals surface area contributed by atoms with Crippen LogP contribution in [0.3, 0.4) is 0 Å². The Labute approximate surface area is 148 Å². The zero-order chi connectivity index (χ0) is 19.0. The number of rotatable bonds is 10. The van der Waals surface area contributed by atoms with Crippen LogP contribution in [0.5, 0.6) is 0 Å². The Bertz CT molecular complexity index is 728. The summed E-state index contributed by atoms with van der Waals surface area (Å²) in [7, 11) is -3.74. The number of carboxylic acids is 1. The number of aliphatic carboxylic acids is 1. The van der Waals surface area contributed by atoms with E-state index >= 15 is 0 Å². The second kappa shape index (κ2) is 9.33. The van der Waals surface area contributed by atoms with Crippen LogP contribution in [0.2, 0.25) is 0 Å². The van der Waals surface area contributed by atoms with Gasteiger partial charge in [0.1, 0.15) is 0 Å². The van der Waals surface area contributed by atoms with Crippen molar-refractivity contribution in [2.24, 2.45) is 5.92 Å². The molecule has 8 heteroatoms. The SMILES string of the molecule is C=CCNS(=O)(=O)c1cccc(C(=O)N(CCC(=O)O)CC(C)C)c1. The topological polar surface area (TPSA) is 104 Å². The molecular weight excluding hydrogens is 344 g/mol. The van der Waals surface area contributed by atoms with E-state index in [1.54, 1.807) is 0 Å². The molecule has 0 fully saturated rings. The van der Waals surface area contributed by atoms with Crippen molar-refractivity contribution in [2.45, 2.75) is 25.2 Å². The van der Waals surface area contributed by atoms with Crippen LogP contribution in [0.1, 0.15) is 30.6 Å². The van der Waals surface area contributed by atoms with Gasteiger partial charge >= 0.3 is 5.97 Å². The molecule has 0 spiro atoms. The summed E-state index contributed by atoms with van der Waals surface area (Å²) in [6, 6.07) is 5.69. The number of hydrogen-bond donors (Lipinski definition) is 2. The Balaban J connectivity index is 3.07. The van der Waals surface area contributed by atoms with Gasteiger partial charge in [0, 0.05) is 25.2 Å². The zero-order valence-corrected chi connectivity index (χ0v) is 15.3. The predicted octanol–water partition coefficient (Wildman–Crippen LogP) is 1.72. The van der Waals surface area contributed by atoms with Crippen LogP contribution in [0, 0.1) is 5.92 Å². The smallest absolute Gasteiger partial charge is 0.305 e. The number of carbonyl (C=O) groups is 2. The van der Waals surface area contributed by atoms with E-state index in [4.69, 9.17) is 5.11 Å². The summed E-state index contributed by atoms with van der Waals surface area (Å²) in [5.41, 5.74) is 0.201. The average Bonchev–Trinajstić information content (AvgIpc) is 2.56. The van der Waals surface area contributed by atoms with Gasteiger partial charge in [-0.15, -0.1) is 6.58 Å². The van der Waals surface area contributed by atoms with Gasteiger partial charge in [-0.05, 0) is 24.1 Å². The number of benzene rings is 1. The fourth-order valence-electron chi connectivity index (χ4n) is 2.18. The number of hydrogen-bond acceptors (Lipinski definition) is 4. The molecule has 1 amide bonds. The van der Waals surface area contributed by atoms with Crippen molar-refractivity contribution in [3.8, 4) is 0 Å². The second-order valence-electron chi connectivity index (χ2n) is 5.96. The molecule has 1 aromatic carbocycles. The quantitative estimate of drug-likeness (QED) is 0.612. The molecule has 0 bridgehead atoms. The van der Waals surface area contributed by atoms with Gasteiger partial charge in [0.15, 0.2) is 0 Å². The lowest BCUT2D eigenvalue weighted by Gasteiger charge is -2.24.